The highest BCUT2D eigenvalue weighted by atomic mass is 16.4. The van der Waals surface area contributed by atoms with Gasteiger partial charge in [-0.05, 0) is 97.7 Å². The predicted octanol–water partition coefficient (Wildman–Crippen LogP) is 6.91. The van der Waals surface area contributed by atoms with Crippen LogP contribution >= 0.6 is 0 Å². The van der Waals surface area contributed by atoms with Crippen LogP contribution in [0.3, 0.4) is 0 Å². The second-order valence-corrected chi connectivity index (χ2v) is 13.6. The zero-order valence-corrected chi connectivity index (χ0v) is 21.2. The summed E-state index contributed by atoms with van der Waals surface area (Å²) in [7, 11) is 0. The summed E-state index contributed by atoms with van der Waals surface area (Å²) in [4.78, 5) is 25.5. The summed E-state index contributed by atoms with van der Waals surface area (Å²) < 4.78 is 0. The van der Waals surface area contributed by atoms with Crippen molar-refractivity contribution in [3.05, 3.63) is 11.6 Å². The van der Waals surface area contributed by atoms with Crippen molar-refractivity contribution < 1.29 is 14.7 Å². The second kappa shape index (κ2) is 6.95. The molecule has 0 aromatic rings. The maximum absolute atomic E-state index is 12.8. The standard InChI is InChI=1S/C29H44O3/c1-17-9-15-29(25(31)32)16-10-20-19(24(29)18(17)2)7-8-22-27(20,5)13-11-21-26(3,4)23(30)12-14-28(21,22)6/h7,17-18,20-22,24H,8-16H2,1-6H3,(H,31,32). The van der Waals surface area contributed by atoms with E-state index in [0.29, 0.717) is 35.4 Å². The van der Waals surface area contributed by atoms with Crippen LogP contribution in [0, 0.1) is 57.2 Å². The molecule has 4 fully saturated rings. The van der Waals surface area contributed by atoms with Gasteiger partial charge in [-0.15, -0.1) is 0 Å². The molecule has 1 N–H and O–H groups in total. The number of allylic oxidation sites excluding steroid dienone is 2. The molecular formula is C29H44O3. The summed E-state index contributed by atoms with van der Waals surface area (Å²) in [6.07, 6.45) is 11.5. The van der Waals surface area contributed by atoms with Crippen LogP contribution in [0.2, 0.25) is 0 Å². The normalized spacial score (nSPS) is 52.1. The van der Waals surface area contributed by atoms with Gasteiger partial charge >= 0.3 is 5.97 Å². The van der Waals surface area contributed by atoms with Crippen molar-refractivity contribution in [3.63, 3.8) is 0 Å². The van der Waals surface area contributed by atoms with Gasteiger partial charge in [-0.2, -0.15) is 0 Å². The number of aliphatic carboxylic acids is 1. The Balaban J connectivity index is 1.57. The first-order chi connectivity index (χ1) is 14.9. The maximum atomic E-state index is 12.8. The number of Topliss-reactive ketones (excluding diaryl/α,β-unsaturated/α-hetero) is 1. The Morgan fingerprint density at radius 1 is 0.938 bits per heavy atom. The molecular weight excluding hydrogens is 396 g/mol. The molecule has 0 amide bonds. The van der Waals surface area contributed by atoms with Gasteiger partial charge in [0.1, 0.15) is 5.78 Å². The van der Waals surface area contributed by atoms with Crippen molar-refractivity contribution in [2.75, 3.05) is 0 Å². The van der Waals surface area contributed by atoms with E-state index < -0.39 is 11.4 Å². The van der Waals surface area contributed by atoms with Gasteiger partial charge < -0.3 is 5.11 Å². The van der Waals surface area contributed by atoms with Crippen molar-refractivity contribution in [3.8, 4) is 0 Å². The van der Waals surface area contributed by atoms with Crippen LogP contribution in [0.1, 0.15) is 99.3 Å². The SMILES string of the molecule is CC1CCC2(C(=O)O)CCC3C(=CCC4C3(C)CCC3C(C)(C)C(=O)CCC34C)C2C1C. The number of carboxylic acids is 1. The molecule has 0 radical (unpaired) electrons. The smallest absolute Gasteiger partial charge is 0.310 e. The molecule has 3 nitrogen and oxygen atoms in total. The lowest BCUT2D eigenvalue weighted by molar-refractivity contribution is -0.175. The van der Waals surface area contributed by atoms with E-state index in [-0.39, 0.29) is 22.2 Å². The van der Waals surface area contributed by atoms with Crippen LogP contribution in [0.5, 0.6) is 0 Å². The minimum absolute atomic E-state index is 0.204. The summed E-state index contributed by atoms with van der Waals surface area (Å²) >= 11 is 0. The Morgan fingerprint density at radius 3 is 2.31 bits per heavy atom. The summed E-state index contributed by atoms with van der Waals surface area (Å²) in [5.74, 6) is 2.74. The van der Waals surface area contributed by atoms with Crippen molar-refractivity contribution in [1.29, 1.82) is 0 Å². The molecule has 4 saturated carbocycles. The van der Waals surface area contributed by atoms with Crippen LogP contribution in [-0.4, -0.2) is 16.9 Å². The van der Waals surface area contributed by atoms with Gasteiger partial charge in [-0.3, -0.25) is 9.59 Å². The fourth-order valence-electron chi connectivity index (χ4n) is 10.3. The predicted molar refractivity (Wildman–Crippen MR) is 127 cm³/mol. The van der Waals surface area contributed by atoms with Crippen molar-refractivity contribution in [1.82, 2.24) is 0 Å². The molecule has 0 bridgehead atoms. The fourth-order valence-corrected chi connectivity index (χ4v) is 10.3. The minimum Gasteiger partial charge on any atom is -0.481 e. The van der Waals surface area contributed by atoms with Gasteiger partial charge in [0.05, 0.1) is 5.41 Å². The quantitative estimate of drug-likeness (QED) is 0.451. The Hall–Kier alpha value is -1.12. The molecule has 0 heterocycles. The molecule has 32 heavy (non-hydrogen) atoms. The third kappa shape index (κ3) is 2.66. The molecule has 0 saturated heterocycles. The number of hydrogen-bond acceptors (Lipinski definition) is 2. The zero-order chi connectivity index (χ0) is 23.3. The number of carboxylic acid groups (broad SMARTS) is 1. The van der Waals surface area contributed by atoms with Crippen molar-refractivity contribution >= 4 is 11.8 Å². The number of fused-ring (bicyclic) bond motifs is 7. The second-order valence-electron chi connectivity index (χ2n) is 13.6. The van der Waals surface area contributed by atoms with E-state index in [0.717, 1.165) is 51.4 Å². The first-order valence-electron chi connectivity index (χ1n) is 13.4. The van der Waals surface area contributed by atoms with Gasteiger partial charge in [-0.1, -0.05) is 53.2 Å². The first-order valence-corrected chi connectivity index (χ1v) is 13.4. The Morgan fingerprint density at radius 2 is 1.62 bits per heavy atom. The van der Waals surface area contributed by atoms with Crippen LogP contribution < -0.4 is 0 Å². The Bertz CT molecular complexity index is 870. The van der Waals surface area contributed by atoms with E-state index in [1.165, 1.54) is 12.0 Å². The maximum Gasteiger partial charge on any atom is 0.310 e. The van der Waals surface area contributed by atoms with Crippen LogP contribution in [0.25, 0.3) is 0 Å². The molecule has 3 heteroatoms. The Kier molecular flexibility index (Phi) is 4.92. The first kappa shape index (κ1) is 22.7. The zero-order valence-electron chi connectivity index (χ0n) is 21.2. The lowest BCUT2D eigenvalue weighted by Gasteiger charge is -2.67. The monoisotopic (exact) mass is 440 g/mol. The summed E-state index contributed by atoms with van der Waals surface area (Å²) in [6.45, 7) is 14.1. The van der Waals surface area contributed by atoms with E-state index in [1.807, 2.05) is 0 Å². The van der Waals surface area contributed by atoms with Gasteiger partial charge in [0.25, 0.3) is 0 Å². The van der Waals surface area contributed by atoms with Gasteiger partial charge in [0, 0.05) is 11.8 Å². The van der Waals surface area contributed by atoms with Gasteiger partial charge in [0.2, 0.25) is 0 Å². The summed E-state index contributed by atoms with van der Waals surface area (Å²) in [5.41, 5.74) is 1.20. The van der Waals surface area contributed by atoms with Crippen LogP contribution in [0.15, 0.2) is 11.6 Å². The average molecular weight is 441 g/mol. The summed E-state index contributed by atoms with van der Waals surface area (Å²) in [6, 6.07) is 0. The molecule has 5 rings (SSSR count). The van der Waals surface area contributed by atoms with E-state index in [2.05, 4.69) is 47.6 Å². The highest BCUT2D eigenvalue weighted by molar-refractivity contribution is 5.85. The third-order valence-electron chi connectivity index (χ3n) is 12.4. The largest absolute Gasteiger partial charge is 0.481 e. The number of carbonyl (C=O) groups excluding carboxylic acids is 1. The van der Waals surface area contributed by atoms with Crippen LogP contribution in [-0.2, 0) is 9.59 Å². The molecule has 9 unspecified atom stereocenters. The summed E-state index contributed by atoms with van der Waals surface area (Å²) in [5, 5.41) is 10.4. The minimum atomic E-state index is -0.545. The van der Waals surface area contributed by atoms with E-state index in [1.54, 1.807) is 0 Å². The number of ketones is 1. The number of rotatable bonds is 1. The van der Waals surface area contributed by atoms with E-state index in [9.17, 15) is 14.7 Å². The average Bonchev–Trinajstić information content (AvgIpc) is 2.73. The molecule has 0 aromatic carbocycles. The third-order valence-corrected chi connectivity index (χ3v) is 12.4. The van der Waals surface area contributed by atoms with Gasteiger partial charge in [0.15, 0.2) is 0 Å². The molecule has 5 aliphatic rings. The molecule has 5 aliphatic carbocycles. The van der Waals surface area contributed by atoms with Crippen LogP contribution in [0.4, 0.5) is 0 Å². The van der Waals surface area contributed by atoms with Gasteiger partial charge in [-0.25, -0.2) is 0 Å². The van der Waals surface area contributed by atoms with E-state index in [4.69, 9.17) is 0 Å². The van der Waals surface area contributed by atoms with Crippen molar-refractivity contribution in [2.45, 2.75) is 99.3 Å². The fraction of sp³-hybridized carbons (Fsp3) is 0.862. The number of carbonyl (C=O) groups is 2. The lowest BCUT2D eigenvalue weighted by Crippen LogP contribution is -2.62. The highest BCUT2D eigenvalue weighted by Crippen LogP contribution is 2.71. The van der Waals surface area contributed by atoms with E-state index >= 15 is 0 Å². The molecule has 0 spiro atoms. The lowest BCUT2D eigenvalue weighted by atomic mass is 9.37. The molecule has 178 valence electrons. The highest BCUT2D eigenvalue weighted by Gasteiger charge is 2.66. The Labute approximate surface area is 194 Å². The number of hydrogen-bond donors (Lipinski definition) is 1. The molecule has 0 aromatic heterocycles. The molecule has 0 aliphatic heterocycles. The van der Waals surface area contributed by atoms with Crippen molar-refractivity contribution in [2.24, 2.45) is 57.2 Å². The molecule has 9 atom stereocenters. The topological polar surface area (TPSA) is 54.4 Å².